The molecule has 0 atom stereocenters. The normalized spacial score (nSPS) is 10.5. The molecular weight excluding hydrogens is 234 g/mol. The molecule has 0 aliphatic carbocycles. The second-order valence-electron chi connectivity index (χ2n) is 3.70. The highest BCUT2D eigenvalue weighted by Crippen LogP contribution is 2.15. The van der Waals surface area contributed by atoms with Crippen molar-refractivity contribution >= 4 is 16.7 Å². The molecule has 1 aromatic carbocycles. The summed E-state index contributed by atoms with van der Waals surface area (Å²) in [5.74, 6) is 0.808. The lowest BCUT2D eigenvalue weighted by atomic mass is 10.1. The number of ether oxygens (including phenoxy) is 1. The summed E-state index contributed by atoms with van der Waals surface area (Å²) < 4.78 is 9.30. The number of hydrogen-bond donors (Lipinski definition) is 1. The molecular formula is C12H15N3OS. The minimum Gasteiger partial charge on any atom is -0.380 e. The number of benzene rings is 1. The molecule has 0 radical (unpaired) electrons. The Morgan fingerprint density at radius 2 is 2.06 bits per heavy atom. The standard InChI is InChI=1S/C12H15N3OS/c1-9-14-12(17-15-9)13-7-10-5-3-4-6-11(10)8-16-2/h3-6H,7-8H2,1-2H3,(H,13,14,15). The van der Waals surface area contributed by atoms with Gasteiger partial charge < -0.3 is 10.1 Å². The average molecular weight is 249 g/mol. The zero-order chi connectivity index (χ0) is 12.1. The third-order valence-corrected chi connectivity index (χ3v) is 3.14. The third-order valence-electron chi connectivity index (χ3n) is 2.38. The lowest BCUT2D eigenvalue weighted by Crippen LogP contribution is -2.03. The Morgan fingerprint density at radius 3 is 2.71 bits per heavy atom. The van der Waals surface area contributed by atoms with Crippen LogP contribution in [0, 0.1) is 6.92 Å². The summed E-state index contributed by atoms with van der Waals surface area (Å²) in [7, 11) is 1.71. The first-order valence-corrected chi connectivity index (χ1v) is 6.17. The number of hydrogen-bond acceptors (Lipinski definition) is 5. The van der Waals surface area contributed by atoms with Crippen molar-refractivity contribution in [2.24, 2.45) is 0 Å². The molecule has 0 fully saturated rings. The van der Waals surface area contributed by atoms with E-state index < -0.39 is 0 Å². The number of rotatable bonds is 5. The van der Waals surface area contributed by atoms with Crippen LogP contribution in [0.4, 0.5) is 5.13 Å². The number of nitrogens with zero attached hydrogens (tertiary/aromatic N) is 2. The van der Waals surface area contributed by atoms with Gasteiger partial charge in [-0.2, -0.15) is 4.37 Å². The van der Waals surface area contributed by atoms with Crippen molar-refractivity contribution in [2.45, 2.75) is 20.1 Å². The Kier molecular flexibility index (Phi) is 4.06. The van der Waals surface area contributed by atoms with E-state index in [-0.39, 0.29) is 0 Å². The predicted molar refractivity (Wildman–Crippen MR) is 69.1 cm³/mol. The van der Waals surface area contributed by atoms with Crippen molar-refractivity contribution < 1.29 is 4.74 Å². The lowest BCUT2D eigenvalue weighted by Gasteiger charge is -2.08. The van der Waals surface area contributed by atoms with Gasteiger partial charge in [0.05, 0.1) is 6.61 Å². The van der Waals surface area contributed by atoms with Crippen molar-refractivity contribution in [3.05, 3.63) is 41.2 Å². The van der Waals surface area contributed by atoms with Gasteiger partial charge in [0.1, 0.15) is 5.82 Å². The minimum absolute atomic E-state index is 0.632. The first-order chi connectivity index (χ1) is 8.29. The molecule has 0 spiro atoms. The maximum Gasteiger partial charge on any atom is 0.202 e. The van der Waals surface area contributed by atoms with Gasteiger partial charge in [0.25, 0.3) is 0 Å². The van der Waals surface area contributed by atoms with Crippen molar-refractivity contribution in [1.82, 2.24) is 9.36 Å². The fourth-order valence-electron chi connectivity index (χ4n) is 1.57. The molecule has 0 saturated heterocycles. The van der Waals surface area contributed by atoms with Crippen LogP contribution in [0.15, 0.2) is 24.3 Å². The fraction of sp³-hybridized carbons (Fsp3) is 0.333. The van der Waals surface area contributed by atoms with Gasteiger partial charge in [-0.15, -0.1) is 0 Å². The van der Waals surface area contributed by atoms with E-state index in [9.17, 15) is 0 Å². The topological polar surface area (TPSA) is 47.0 Å². The number of nitrogens with one attached hydrogen (secondary N) is 1. The monoisotopic (exact) mass is 249 g/mol. The Hall–Kier alpha value is -1.46. The van der Waals surface area contributed by atoms with E-state index in [2.05, 4.69) is 26.8 Å². The fourth-order valence-corrected chi connectivity index (χ4v) is 2.14. The van der Waals surface area contributed by atoms with Crippen LogP contribution in [0.5, 0.6) is 0 Å². The van der Waals surface area contributed by atoms with Gasteiger partial charge in [-0.25, -0.2) is 4.98 Å². The maximum absolute atomic E-state index is 5.17. The summed E-state index contributed by atoms with van der Waals surface area (Å²) in [6.45, 7) is 3.27. The second-order valence-corrected chi connectivity index (χ2v) is 4.45. The Labute approximate surface area is 105 Å². The number of methoxy groups -OCH3 is 1. The van der Waals surface area contributed by atoms with E-state index >= 15 is 0 Å². The first-order valence-electron chi connectivity index (χ1n) is 5.39. The molecule has 90 valence electrons. The molecule has 0 aliphatic heterocycles. The van der Waals surface area contributed by atoms with Crippen molar-refractivity contribution in [3.63, 3.8) is 0 Å². The zero-order valence-electron chi connectivity index (χ0n) is 9.93. The SMILES string of the molecule is COCc1ccccc1CNc1nc(C)ns1. The molecule has 0 unspecified atom stereocenters. The van der Waals surface area contributed by atoms with Crippen LogP contribution in [-0.2, 0) is 17.9 Å². The molecule has 1 aromatic heterocycles. The first kappa shape index (κ1) is 12.0. The highest BCUT2D eigenvalue weighted by Gasteiger charge is 2.03. The van der Waals surface area contributed by atoms with Crippen molar-refractivity contribution in [2.75, 3.05) is 12.4 Å². The summed E-state index contributed by atoms with van der Waals surface area (Å²) in [4.78, 5) is 4.27. The van der Waals surface area contributed by atoms with Crippen LogP contribution in [0.3, 0.4) is 0 Å². The van der Waals surface area contributed by atoms with Gasteiger partial charge in [0.2, 0.25) is 5.13 Å². The van der Waals surface area contributed by atoms with Gasteiger partial charge in [0.15, 0.2) is 0 Å². The lowest BCUT2D eigenvalue weighted by molar-refractivity contribution is 0.184. The molecule has 2 aromatic rings. The summed E-state index contributed by atoms with van der Waals surface area (Å²) in [6, 6.07) is 8.22. The average Bonchev–Trinajstić information content (AvgIpc) is 2.74. The summed E-state index contributed by atoms with van der Waals surface area (Å²) in [5, 5.41) is 4.13. The van der Waals surface area contributed by atoms with Crippen molar-refractivity contribution in [3.8, 4) is 0 Å². The van der Waals surface area contributed by atoms with Gasteiger partial charge in [-0.3, -0.25) is 0 Å². The van der Waals surface area contributed by atoms with E-state index in [1.54, 1.807) is 7.11 Å². The number of aryl methyl sites for hydroxylation is 1. The van der Waals surface area contributed by atoms with Crippen LogP contribution < -0.4 is 5.32 Å². The molecule has 0 amide bonds. The van der Waals surface area contributed by atoms with Crippen molar-refractivity contribution in [1.29, 1.82) is 0 Å². The molecule has 0 aliphatic rings. The van der Waals surface area contributed by atoms with Crippen LogP contribution in [0.2, 0.25) is 0 Å². The van der Waals surface area contributed by atoms with E-state index in [0.29, 0.717) is 6.61 Å². The van der Waals surface area contributed by atoms with Crippen LogP contribution >= 0.6 is 11.5 Å². The highest BCUT2D eigenvalue weighted by molar-refractivity contribution is 7.09. The van der Waals surface area contributed by atoms with Gasteiger partial charge >= 0.3 is 0 Å². The third kappa shape index (κ3) is 3.25. The second kappa shape index (κ2) is 5.75. The minimum atomic E-state index is 0.632. The van der Waals surface area contributed by atoms with E-state index in [4.69, 9.17) is 4.74 Å². The molecule has 1 heterocycles. The summed E-state index contributed by atoms with van der Waals surface area (Å²) in [5.41, 5.74) is 2.42. The van der Waals surface area contributed by atoms with Crippen LogP contribution in [0.25, 0.3) is 0 Å². The molecule has 17 heavy (non-hydrogen) atoms. The molecule has 0 saturated carbocycles. The Bertz CT molecular complexity index is 484. The van der Waals surface area contributed by atoms with E-state index in [1.165, 1.54) is 22.7 Å². The summed E-state index contributed by atoms with van der Waals surface area (Å²) in [6.07, 6.45) is 0. The quantitative estimate of drug-likeness (QED) is 0.884. The van der Waals surface area contributed by atoms with E-state index in [1.807, 2.05) is 19.1 Å². The smallest absolute Gasteiger partial charge is 0.202 e. The van der Waals surface area contributed by atoms with E-state index in [0.717, 1.165) is 17.5 Å². The predicted octanol–water partition coefficient (Wildman–Crippen LogP) is 2.61. The zero-order valence-corrected chi connectivity index (χ0v) is 10.8. The van der Waals surface area contributed by atoms with Gasteiger partial charge in [0, 0.05) is 25.2 Å². The van der Waals surface area contributed by atoms with Crippen LogP contribution in [0.1, 0.15) is 17.0 Å². The van der Waals surface area contributed by atoms with Gasteiger partial charge in [-0.1, -0.05) is 24.3 Å². The maximum atomic E-state index is 5.17. The number of aromatic nitrogens is 2. The highest BCUT2D eigenvalue weighted by atomic mass is 32.1. The Balaban J connectivity index is 2.03. The van der Waals surface area contributed by atoms with Gasteiger partial charge in [-0.05, 0) is 18.1 Å². The number of anilines is 1. The molecule has 0 bridgehead atoms. The molecule has 4 nitrogen and oxygen atoms in total. The summed E-state index contributed by atoms with van der Waals surface area (Å²) >= 11 is 1.38. The molecule has 2 rings (SSSR count). The molecule has 5 heteroatoms. The largest absolute Gasteiger partial charge is 0.380 e. The van der Waals surface area contributed by atoms with Crippen LogP contribution in [-0.4, -0.2) is 16.5 Å². The molecule has 1 N–H and O–H groups in total. The Morgan fingerprint density at radius 1 is 1.29 bits per heavy atom.